The summed E-state index contributed by atoms with van der Waals surface area (Å²) in [6.07, 6.45) is 3.08. The largest absolute Gasteiger partial charge is 0.399 e. The van der Waals surface area contributed by atoms with Crippen LogP contribution in [-0.4, -0.2) is 26.0 Å². The Kier molecular flexibility index (Phi) is 4.53. The normalized spacial score (nSPS) is 16.4. The van der Waals surface area contributed by atoms with Crippen molar-refractivity contribution in [3.05, 3.63) is 24.3 Å². The SMILES string of the molecule is Nc1cccc(SCCS(=O)(=O)NC2CCC2)c1. The van der Waals surface area contributed by atoms with Crippen LogP contribution in [0.1, 0.15) is 19.3 Å². The maximum atomic E-state index is 11.7. The van der Waals surface area contributed by atoms with Gasteiger partial charge in [0.15, 0.2) is 0 Å². The summed E-state index contributed by atoms with van der Waals surface area (Å²) in [5, 5.41) is 0. The lowest BCUT2D eigenvalue weighted by molar-refractivity contribution is 0.384. The lowest BCUT2D eigenvalue weighted by Gasteiger charge is -2.25. The fourth-order valence-electron chi connectivity index (χ4n) is 1.71. The summed E-state index contributed by atoms with van der Waals surface area (Å²) >= 11 is 1.51. The summed E-state index contributed by atoms with van der Waals surface area (Å²) in [4.78, 5) is 1.01. The predicted octanol–water partition coefficient (Wildman–Crippen LogP) is 1.83. The molecule has 0 radical (unpaired) electrons. The minimum atomic E-state index is -3.12. The third-order valence-corrected chi connectivity index (χ3v) is 5.62. The maximum absolute atomic E-state index is 11.7. The summed E-state index contributed by atoms with van der Waals surface area (Å²) in [7, 11) is -3.12. The minimum Gasteiger partial charge on any atom is -0.399 e. The molecule has 100 valence electrons. The fourth-order valence-corrected chi connectivity index (χ4v) is 4.41. The monoisotopic (exact) mass is 286 g/mol. The first kappa shape index (κ1) is 13.7. The van der Waals surface area contributed by atoms with E-state index in [1.807, 2.05) is 24.3 Å². The molecule has 0 atom stereocenters. The zero-order valence-corrected chi connectivity index (χ0v) is 11.8. The van der Waals surface area contributed by atoms with Crippen LogP contribution in [0.2, 0.25) is 0 Å². The highest BCUT2D eigenvalue weighted by molar-refractivity contribution is 8.00. The first-order valence-corrected chi connectivity index (χ1v) is 8.67. The van der Waals surface area contributed by atoms with Crippen LogP contribution in [0.15, 0.2) is 29.2 Å². The van der Waals surface area contributed by atoms with Crippen LogP contribution in [0, 0.1) is 0 Å². The van der Waals surface area contributed by atoms with E-state index in [9.17, 15) is 8.42 Å². The van der Waals surface area contributed by atoms with E-state index in [4.69, 9.17) is 5.73 Å². The molecule has 1 fully saturated rings. The molecule has 1 aromatic carbocycles. The number of hydrogen-bond acceptors (Lipinski definition) is 4. The second-order valence-corrected chi connectivity index (χ2v) is 7.53. The second-order valence-electron chi connectivity index (χ2n) is 4.49. The van der Waals surface area contributed by atoms with Gasteiger partial charge in [-0.3, -0.25) is 0 Å². The zero-order valence-electron chi connectivity index (χ0n) is 10.1. The van der Waals surface area contributed by atoms with Crippen LogP contribution in [0.25, 0.3) is 0 Å². The number of rotatable bonds is 6. The van der Waals surface area contributed by atoms with Gasteiger partial charge < -0.3 is 5.73 Å². The molecule has 0 aliphatic heterocycles. The van der Waals surface area contributed by atoms with Gasteiger partial charge in [-0.25, -0.2) is 13.1 Å². The van der Waals surface area contributed by atoms with E-state index in [1.54, 1.807) is 0 Å². The Hall–Kier alpha value is -0.720. The Labute approximate surface area is 112 Å². The van der Waals surface area contributed by atoms with Crippen LogP contribution in [-0.2, 0) is 10.0 Å². The molecule has 0 heterocycles. The van der Waals surface area contributed by atoms with Crippen molar-refractivity contribution in [2.24, 2.45) is 0 Å². The van der Waals surface area contributed by atoms with Gasteiger partial charge in [0.05, 0.1) is 5.75 Å². The minimum absolute atomic E-state index is 0.156. The van der Waals surface area contributed by atoms with Gasteiger partial charge in [0, 0.05) is 22.4 Å². The van der Waals surface area contributed by atoms with Gasteiger partial charge in [-0.15, -0.1) is 11.8 Å². The zero-order chi connectivity index (χ0) is 13.0. The van der Waals surface area contributed by atoms with Crippen molar-refractivity contribution in [1.29, 1.82) is 0 Å². The molecule has 0 unspecified atom stereocenters. The highest BCUT2D eigenvalue weighted by Crippen LogP contribution is 2.21. The molecule has 0 saturated heterocycles. The van der Waals surface area contributed by atoms with Crippen LogP contribution in [0.4, 0.5) is 5.69 Å². The van der Waals surface area contributed by atoms with Crippen LogP contribution in [0.3, 0.4) is 0 Å². The lowest BCUT2D eigenvalue weighted by atomic mass is 9.94. The van der Waals surface area contributed by atoms with Crippen LogP contribution >= 0.6 is 11.8 Å². The lowest BCUT2D eigenvalue weighted by Crippen LogP contribution is -2.40. The Morgan fingerprint density at radius 3 is 2.78 bits per heavy atom. The van der Waals surface area contributed by atoms with Crippen molar-refractivity contribution in [2.45, 2.75) is 30.2 Å². The average molecular weight is 286 g/mol. The van der Waals surface area contributed by atoms with Gasteiger partial charge in [-0.2, -0.15) is 0 Å². The highest BCUT2D eigenvalue weighted by atomic mass is 32.2. The van der Waals surface area contributed by atoms with E-state index in [0.29, 0.717) is 11.4 Å². The van der Waals surface area contributed by atoms with Crippen LogP contribution in [0.5, 0.6) is 0 Å². The summed E-state index contributed by atoms with van der Waals surface area (Å²) in [5.74, 6) is 0.703. The molecule has 1 aromatic rings. The van der Waals surface area contributed by atoms with Crippen molar-refractivity contribution in [1.82, 2.24) is 4.72 Å². The molecule has 18 heavy (non-hydrogen) atoms. The topological polar surface area (TPSA) is 72.2 Å². The standard InChI is InChI=1S/C12H18N2O2S2/c13-10-3-1-6-12(9-10)17-7-8-18(15,16)14-11-4-2-5-11/h1,3,6,9,11,14H,2,4-5,7-8,13H2. The number of nitrogen functional groups attached to an aromatic ring is 1. The highest BCUT2D eigenvalue weighted by Gasteiger charge is 2.22. The summed E-state index contributed by atoms with van der Waals surface area (Å²) < 4.78 is 26.2. The van der Waals surface area contributed by atoms with E-state index in [2.05, 4.69) is 4.72 Å². The maximum Gasteiger partial charge on any atom is 0.212 e. The van der Waals surface area contributed by atoms with E-state index in [1.165, 1.54) is 11.8 Å². The van der Waals surface area contributed by atoms with Crippen molar-refractivity contribution in [3.63, 3.8) is 0 Å². The molecule has 1 aliphatic rings. The first-order chi connectivity index (χ1) is 8.55. The molecule has 1 saturated carbocycles. The third kappa shape index (κ3) is 4.19. The number of nitrogens with one attached hydrogen (secondary N) is 1. The summed E-state index contributed by atoms with van der Waals surface area (Å²) in [5.41, 5.74) is 6.37. The molecule has 6 heteroatoms. The van der Waals surface area contributed by atoms with Gasteiger partial charge in [0.2, 0.25) is 10.0 Å². The van der Waals surface area contributed by atoms with Crippen LogP contribution < -0.4 is 10.5 Å². The van der Waals surface area contributed by atoms with Gasteiger partial charge in [-0.05, 0) is 31.0 Å². The first-order valence-electron chi connectivity index (χ1n) is 6.03. The molecule has 1 aliphatic carbocycles. The molecule has 0 amide bonds. The average Bonchev–Trinajstić information content (AvgIpc) is 2.24. The number of sulfonamides is 1. The van der Waals surface area contributed by atoms with E-state index >= 15 is 0 Å². The van der Waals surface area contributed by atoms with Crippen molar-refractivity contribution < 1.29 is 8.42 Å². The van der Waals surface area contributed by atoms with E-state index < -0.39 is 10.0 Å². The Bertz CT molecular complexity index is 499. The van der Waals surface area contributed by atoms with Gasteiger partial charge in [0.1, 0.15) is 0 Å². The van der Waals surface area contributed by atoms with Crippen molar-refractivity contribution in [3.8, 4) is 0 Å². The smallest absolute Gasteiger partial charge is 0.212 e. The Morgan fingerprint density at radius 2 is 2.17 bits per heavy atom. The van der Waals surface area contributed by atoms with Gasteiger partial charge in [0.25, 0.3) is 0 Å². The molecular formula is C12H18N2O2S2. The fraction of sp³-hybridized carbons (Fsp3) is 0.500. The molecule has 0 aromatic heterocycles. The second kappa shape index (κ2) is 5.95. The molecule has 0 bridgehead atoms. The number of thioether (sulfide) groups is 1. The number of benzene rings is 1. The van der Waals surface area contributed by atoms with E-state index in [-0.39, 0.29) is 11.8 Å². The Balaban J connectivity index is 1.77. The molecule has 4 nitrogen and oxygen atoms in total. The molecule has 2 rings (SSSR count). The van der Waals surface area contributed by atoms with Gasteiger partial charge >= 0.3 is 0 Å². The summed E-state index contributed by atoms with van der Waals surface area (Å²) in [6.45, 7) is 0. The number of anilines is 1. The number of nitrogens with two attached hydrogens (primary N) is 1. The molecule has 0 spiro atoms. The Morgan fingerprint density at radius 1 is 1.39 bits per heavy atom. The summed E-state index contributed by atoms with van der Waals surface area (Å²) in [6, 6.07) is 7.66. The van der Waals surface area contributed by atoms with Crippen molar-refractivity contribution in [2.75, 3.05) is 17.2 Å². The van der Waals surface area contributed by atoms with Crippen molar-refractivity contribution >= 4 is 27.5 Å². The van der Waals surface area contributed by atoms with Gasteiger partial charge in [-0.1, -0.05) is 12.5 Å². The van der Waals surface area contributed by atoms with E-state index in [0.717, 1.165) is 24.2 Å². The quantitative estimate of drug-likeness (QED) is 0.618. The number of hydrogen-bond donors (Lipinski definition) is 2. The predicted molar refractivity (Wildman–Crippen MR) is 76.1 cm³/mol. The third-order valence-electron chi connectivity index (χ3n) is 2.93. The molecule has 3 N–H and O–H groups in total. The molecular weight excluding hydrogens is 268 g/mol.